The van der Waals surface area contributed by atoms with Gasteiger partial charge in [-0.25, -0.2) is 0 Å². The largest absolute Gasteiger partial charge is 0.416 e. The second-order valence-corrected chi connectivity index (χ2v) is 4.42. The summed E-state index contributed by atoms with van der Waals surface area (Å²) in [7, 11) is 0. The second-order valence-electron chi connectivity index (χ2n) is 4.03. The molecular formula is C12H6ClF3N4. The normalized spacial score (nSPS) is 12.0. The van der Waals surface area contributed by atoms with E-state index < -0.39 is 11.7 Å². The predicted octanol–water partition coefficient (Wildman–Crippen LogP) is 3.46. The van der Waals surface area contributed by atoms with Crippen molar-refractivity contribution < 1.29 is 13.2 Å². The molecule has 3 aromatic rings. The van der Waals surface area contributed by atoms with Crippen LogP contribution in [0.1, 0.15) is 5.56 Å². The maximum absolute atomic E-state index is 12.7. The number of rotatable bonds is 1. The minimum Gasteiger partial charge on any atom is -0.191 e. The summed E-state index contributed by atoms with van der Waals surface area (Å²) in [6.07, 6.45) is -4.42. The Kier molecular flexibility index (Phi) is 2.86. The van der Waals surface area contributed by atoms with Gasteiger partial charge < -0.3 is 0 Å². The first kappa shape index (κ1) is 12.9. The highest BCUT2D eigenvalue weighted by Gasteiger charge is 2.30. The lowest BCUT2D eigenvalue weighted by molar-refractivity contribution is -0.137. The third-order valence-electron chi connectivity index (χ3n) is 2.68. The Labute approximate surface area is 115 Å². The van der Waals surface area contributed by atoms with E-state index in [4.69, 9.17) is 11.6 Å². The average Bonchev–Trinajstić information content (AvgIpc) is 2.81. The molecule has 0 aliphatic rings. The van der Waals surface area contributed by atoms with Crippen LogP contribution in [0.25, 0.3) is 17.0 Å². The van der Waals surface area contributed by atoms with Gasteiger partial charge in [-0.3, -0.25) is 0 Å². The van der Waals surface area contributed by atoms with Crippen molar-refractivity contribution in [2.75, 3.05) is 0 Å². The van der Waals surface area contributed by atoms with E-state index in [0.29, 0.717) is 5.65 Å². The summed E-state index contributed by atoms with van der Waals surface area (Å²) in [5.74, 6) is 0.202. The van der Waals surface area contributed by atoms with Gasteiger partial charge in [0.15, 0.2) is 11.5 Å². The molecule has 0 bridgehead atoms. The average molecular weight is 299 g/mol. The van der Waals surface area contributed by atoms with Crippen LogP contribution < -0.4 is 0 Å². The Morgan fingerprint density at radius 1 is 1.05 bits per heavy atom. The van der Waals surface area contributed by atoms with Gasteiger partial charge in [0.05, 0.1) is 5.56 Å². The summed E-state index contributed by atoms with van der Waals surface area (Å²) in [6.45, 7) is 0. The number of halogens is 4. The summed E-state index contributed by atoms with van der Waals surface area (Å²) in [4.78, 5) is 0. The van der Waals surface area contributed by atoms with Crippen molar-refractivity contribution in [2.45, 2.75) is 6.18 Å². The number of fused-ring (bicyclic) bond motifs is 1. The van der Waals surface area contributed by atoms with Gasteiger partial charge >= 0.3 is 6.18 Å². The second kappa shape index (κ2) is 4.45. The minimum absolute atomic E-state index is 0.200. The highest BCUT2D eigenvalue weighted by Crippen LogP contribution is 2.31. The van der Waals surface area contributed by atoms with E-state index >= 15 is 0 Å². The molecule has 4 nitrogen and oxygen atoms in total. The lowest BCUT2D eigenvalue weighted by Gasteiger charge is -2.07. The van der Waals surface area contributed by atoms with Crippen LogP contribution in [-0.2, 0) is 6.18 Å². The van der Waals surface area contributed by atoms with Crippen LogP contribution in [0.5, 0.6) is 0 Å². The Balaban J connectivity index is 2.18. The van der Waals surface area contributed by atoms with Crippen molar-refractivity contribution in [1.82, 2.24) is 19.8 Å². The number of hydrogen-bond acceptors (Lipinski definition) is 3. The quantitative estimate of drug-likeness (QED) is 0.691. The van der Waals surface area contributed by atoms with E-state index in [-0.39, 0.29) is 16.5 Å². The zero-order chi connectivity index (χ0) is 14.3. The van der Waals surface area contributed by atoms with Crippen molar-refractivity contribution >= 4 is 17.2 Å². The van der Waals surface area contributed by atoms with Gasteiger partial charge in [-0.15, -0.1) is 10.2 Å². The standard InChI is InChI=1S/C12H6ClF3N4/c13-9-4-5-10-17-18-11(20(10)19-9)7-2-1-3-8(6-7)12(14,15)16/h1-6H. The summed E-state index contributed by atoms with van der Waals surface area (Å²) in [5, 5.41) is 11.9. The fraction of sp³-hybridized carbons (Fsp3) is 0.0833. The Morgan fingerprint density at radius 3 is 2.60 bits per heavy atom. The smallest absolute Gasteiger partial charge is 0.191 e. The Hall–Kier alpha value is -2.15. The zero-order valence-electron chi connectivity index (χ0n) is 9.76. The molecule has 20 heavy (non-hydrogen) atoms. The number of alkyl halides is 3. The van der Waals surface area contributed by atoms with Crippen LogP contribution in [0.2, 0.25) is 5.15 Å². The monoisotopic (exact) mass is 298 g/mol. The maximum atomic E-state index is 12.7. The molecule has 0 aliphatic heterocycles. The van der Waals surface area contributed by atoms with Crippen LogP contribution in [-0.4, -0.2) is 19.8 Å². The number of aromatic nitrogens is 4. The predicted molar refractivity (Wildman–Crippen MR) is 66.2 cm³/mol. The fourth-order valence-corrected chi connectivity index (χ4v) is 1.92. The topological polar surface area (TPSA) is 43.1 Å². The molecule has 0 N–H and O–H groups in total. The molecule has 8 heteroatoms. The lowest BCUT2D eigenvalue weighted by atomic mass is 10.1. The highest BCUT2D eigenvalue weighted by molar-refractivity contribution is 6.29. The number of benzene rings is 1. The lowest BCUT2D eigenvalue weighted by Crippen LogP contribution is -2.05. The van der Waals surface area contributed by atoms with E-state index in [1.165, 1.54) is 22.7 Å². The van der Waals surface area contributed by atoms with Gasteiger partial charge in [0.25, 0.3) is 0 Å². The molecule has 0 radical (unpaired) electrons. The molecule has 0 spiro atoms. The van der Waals surface area contributed by atoms with E-state index in [9.17, 15) is 13.2 Å². The summed E-state index contributed by atoms with van der Waals surface area (Å²) in [6, 6.07) is 7.92. The van der Waals surface area contributed by atoms with Crippen LogP contribution in [0.15, 0.2) is 36.4 Å². The summed E-state index contributed by atoms with van der Waals surface area (Å²) >= 11 is 5.77. The molecule has 0 aliphatic carbocycles. The first-order chi connectivity index (χ1) is 9.45. The van der Waals surface area contributed by atoms with E-state index in [1.54, 1.807) is 6.07 Å². The molecule has 0 saturated heterocycles. The fourth-order valence-electron chi connectivity index (χ4n) is 1.78. The SMILES string of the molecule is FC(F)(F)c1cccc(-c2nnc3ccc(Cl)nn23)c1. The molecule has 0 amide bonds. The Morgan fingerprint density at radius 2 is 1.85 bits per heavy atom. The van der Waals surface area contributed by atoms with E-state index in [0.717, 1.165) is 12.1 Å². The van der Waals surface area contributed by atoms with Gasteiger partial charge in [-0.1, -0.05) is 23.7 Å². The summed E-state index contributed by atoms with van der Waals surface area (Å²) < 4.78 is 39.4. The molecule has 0 atom stereocenters. The molecule has 2 heterocycles. The first-order valence-corrected chi connectivity index (χ1v) is 5.88. The molecular weight excluding hydrogens is 293 g/mol. The van der Waals surface area contributed by atoms with Crippen LogP contribution in [0.4, 0.5) is 13.2 Å². The maximum Gasteiger partial charge on any atom is 0.416 e. The molecule has 3 rings (SSSR count). The van der Waals surface area contributed by atoms with E-state index in [1.807, 2.05) is 0 Å². The van der Waals surface area contributed by atoms with Gasteiger partial charge in [-0.2, -0.15) is 22.8 Å². The van der Waals surface area contributed by atoms with Crippen LogP contribution in [0.3, 0.4) is 0 Å². The van der Waals surface area contributed by atoms with Crippen molar-refractivity contribution in [2.24, 2.45) is 0 Å². The molecule has 0 saturated carbocycles. The van der Waals surface area contributed by atoms with Crippen molar-refractivity contribution in [1.29, 1.82) is 0 Å². The van der Waals surface area contributed by atoms with Crippen LogP contribution >= 0.6 is 11.6 Å². The summed E-state index contributed by atoms with van der Waals surface area (Å²) in [5.41, 5.74) is -0.0855. The number of hydrogen-bond donors (Lipinski definition) is 0. The van der Waals surface area contributed by atoms with Crippen molar-refractivity contribution in [3.05, 3.63) is 47.1 Å². The molecule has 2 aromatic heterocycles. The third-order valence-corrected chi connectivity index (χ3v) is 2.88. The molecule has 0 unspecified atom stereocenters. The van der Waals surface area contributed by atoms with Gasteiger partial charge in [0.1, 0.15) is 5.15 Å². The molecule has 102 valence electrons. The zero-order valence-corrected chi connectivity index (χ0v) is 10.5. The van der Waals surface area contributed by atoms with Gasteiger partial charge in [0.2, 0.25) is 0 Å². The highest BCUT2D eigenvalue weighted by atomic mass is 35.5. The Bertz CT molecular complexity index is 782. The number of nitrogens with zero attached hydrogens (tertiary/aromatic N) is 4. The molecule has 0 fully saturated rings. The van der Waals surface area contributed by atoms with E-state index in [2.05, 4.69) is 15.3 Å². The van der Waals surface area contributed by atoms with Crippen molar-refractivity contribution in [3.8, 4) is 11.4 Å². The first-order valence-electron chi connectivity index (χ1n) is 5.51. The third kappa shape index (κ3) is 2.20. The van der Waals surface area contributed by atoms with Crippen LogP contribution in [0, 0.1) is 0 Å². The van der Waals surface area contributed by atoms with Gasteiger partial charge in [-0.05, 0) is 24.3 Å². The molecule has 1 aromatic carbocycles. The van der Waals surface area contributed by atoms with Crippen molar-refractivity contribution in [3.63, 3.8) is 0 Å². The minimum atomic E-state index is -4.42. The van der Waals surface area contributed by atoms with Gasteiger partial charge in [0, 0.05) is 5.56 Å².